The van der Waals surface area contributed by atoms with Gasteiger partial charge in [0.2, 0.25) is 5.91 Å². The lowest BCUT2D eigenvalue weighted by Gasteiger charge is -2.29. The Morgan fingerprint density at radius 1 is 1.00 bits per heavy atom. The van der Waals surface area contributed by atoms with E-state index in [1.54, 1.807) is 4.90 Å². The monoisotopic (exact) mass is 552 g/mol. The molecule has 0 atom stereocenters. The van der Waals surface area contributed by atoms with Gasteiger partial charge in [0.1, 0.15) is 6.54 Å². The van der Waals surface area contributed by atoms with E-state index >= 15 is 0 Å². The molecule has 0 saturated heterocycles. The zero-order valence-electron chi connectivity index (χ0n) is 23.3. The molecular formula is C31H41ClN4O3. The molecule has 0 bridgehead atoms. The predicted octanol–water partition coefficient (Wildman–Crippen LogP) is 5.81. The van der Waals surface area contributed by atoms with Gasteiger partial charge in [0.05, 0.1) is 6.54 Å². The molecule has 1 heterocycles. The van der Waals surface area contributed by atoms with Crippen molar-refractivity contribution in [2.24, 2.45) is 5.92 Å². The summed E-state index contributed by atoms with van der Waals surface area (Å²) < 4.78 is 7.59. The van der Waals surface area contributed by atoms with Crippen molar-refractivity contribution in [1.82, 2.24) is 19.7 Å². The fourth-order valence-electron chi connectivity index (χ4n) is 4.35. The van der Waals surface area contributed by atoms with Gasteiger partial charge in [0.15, 0.2) is 0 Å². The number of halogens is 1. The molecule has 3 rings (SSSR count). The van der Waals surface area contributed by atoms with Gasteiger partial charge in [-0.25, -0.2) is 4.79 Å². The lowest BCUT2D eigenvalue weighted by atomic mass is 10.2. The summed E-state index contributed by atoms with van der Waals surface area (Å²) in [6.07, 6.45) is 2.67. The van der Waals surface area contributed by atoms with Crippen molar-refractivity contribution < 1.29 is 14.3 Å². The van der Waals surface area contributed by atoms with E-state index in [1.807, 2.05) is 84.8 Å². The minimum absolute atomic E-state index is 0.00465. The Bertz CT molecular complexity index is 1170. The van der Waals surface area contributed by atoms with E-state index in [0.29, 0.717) is 52.4 Å². The van der Waals surface area contributed by atoms with Crippen molar-refractivity contribution in [2.45, 2.75) is 46.8 Å². The standard InChI is InChI=1S/C31H41ClN4O3/c1-4-39-19-11-18-35(31(38)33-20-26-12-6-5-7-13-26)24-30(37)36(21-25(2)3)23-28-15-10-17-34(28)22-27-14-8-9-16-29(27)32/h5-10,12-17,25H,4,11,18-24H2,1-3H3,(H,33,38). The van der Waals surface area contributed by atoms with Crippen molar-refractivity contribution in [2.75, 3.05) is 32.8 Å². The highest BCUT2D eigenvalue weighted by Crippen LogP contribution is 2.18. The molecule has 0 saturated carbocycles. The fourth-order valence-corrected chi connectivity index (χ4v) is 4.55. The van der Waals surface area contributed by atoms with Crippen LogP contribution in [0, 0.1) is 5.92 Å². The zero-order valence-corrected chi connectivity index (χ0v) is 24.1. The summed E-state index contributed by atoms with van der Waals surface area (Å²) in [5.41, 5.74) is 3.04. The molecule has 3 amide bonds. The molecule has 3 aromatic rings. The van der Waals surface area contributed by atoms with E-state index in [0.717, 1.165) is 21.8 Å². The van der Waals surface area contributed by atoms with Gasteiger partial charge in [-0.3, -0.25) is 4.79 Å². The average molecular weight is 553 g/mol. The number of hydrogen-bond donors (Lipinski definition) is 1. The van der Waals surface area contributed by atoms with Crippen LogP contribution in [0.4, 0.5) is 4.79 Å². The van der Waals surface area contributed by atoms with E-state index in [1.165, 1.54) is 0 Å². The number of carbonyl (C=O) groups is 2. The number of amides is 3. The molecule has 7 nitrogen and oxygen atoms in total. The minimum atomic E-state index is -0.254. The predicted molar refractivity (Wildman–Crippen MR) is 157 cm³/mol. The van der Waals surface area contributed by atoms with Gasteiger partial charge < -0.3 is 24.4 Å². The molecule has 0 spiro atoms. The largest absolute Gasteiger partial charge is 0.382 e. The number of benzene rings is 2. The van der Waals surface area contributed by atoms with Crippen LogP contribution in [0.5, 0.6) is 0 Å². The molecule has 8 heteroatoms. The maximum atomic E-state index is 13.6. The van der Waals surface area contributed by atoms with Gasteiger partial charge in [-0.1, -0.05) is 74.0 Å². The van der Waals surface area contributed by atoms with Crippen LogP contribution in [0.25, 0.3) is 0 Å². The van der Waals surface area contributed by atoms with Crippen LogP contribution in [-0.2, 0) is 29.2 Å². The first-order valence-corrected chi connectivity index (χ1v) is 14.0. The number of rotatable bonds is 15. The number of aromatic nitrogens is 1. The Labute approximate surface area is 237 Å². The number of hydrogen-bond acceptors (Lipinski definition) is 3. The first-order valence-electron chi connectivity index (χ1n) is 13.7. The zero-order chi connectivity index (χ0) is 28.0. The Kier molecular flexibility index (Phi) is 12.4. The molecule has 1 aromatic heterocycles. The first-order chi connectivity index (χ1) is 18.9. The molecule has 39 heavy (non-hydrogen) atoms. The smallest absolute Gasteiger partial charge is 0.318 e. The second-order valence-corrected chi connectivity index (χ2v) is 10.4. The van der Waals surface area contributed by atoms with Crippen LogP contribution >= 0.6 is 11.6 Å². The summed E-state index contributed by atoms with van der Waals surface area (Å²) in [5.74, 6) is 0.194. The van der Waals surface area contributed by atoms with Crippen molar-refractivity contribution in [3.05, 3.63) is 94.8 Å². The fraction of sp³-hybridized carbons (Fsp3) is 0.419. The van der Waals surface area contributed by atoms with Crippen LogP contribution in [0.2, 0.25) is 5.02 Å². The van der Waals surface area contributed by atoms with E-state index in [2.05, 4.69) is 23.7 Å². The second kappa shape index (κ2) is 16.0. The summed E-state index contributed by atoms with van der Waals surface area (Å²) in [5, 5.41) is 3.69. The summed E-state index contributed by atoms with van der Waals surface area (Å²) in [6, 6.07) is 21.3. The third-order valence-corrected chi connectivity index (χ3v) is 6.70. The molecule has 0 fully saturated rings. The number of urea groups is 1. The van der Waals surface area contributed by atoms with Crippen molar-refractivity contribution >= 4 is 23.5 Å². The number of nitrogens with one attached hydrogen (secondary N) is 1. The number of carbonyl (C=O) groups excluding carboxylic acids is 2. The van der Waals surface area contributed by atoms with E-state index in [-0.39, 0.29) is 24.4 Å². The molecule has 1 N–H and O–H groups in total. The summed E-state index contributed by atoms with van der Waals surface area (Å²) >= 11 is 6.40. The van der Waals surface area contributed by atoms with Crippen LogP contribution in [0.15, 0.2) is 72.9 Å². The minimum Gasteiger partial charge on any atom is -0.382 e. The molecule has 0 aliphatic rings. The highest BCUT2D eigenvalue weighted by atomic mass is 35.5. The lowest BCUT2D eigenvalue weighted by Crippen LogP contribution is -2.47. The van der Waals surface area contributed by atoms with Gasteiger partial charge in [-0.2, -0.15) is 0 Å². The van der Waals surface area contributed by atoms with Crippen LogP contribution in [0.3, 0.4) is 0 Å². The molecule has 0 radical (unpaired) electrons. The topological polar surface area (TPSA) is 66.8 Å². The third-order valence-electron chi connectivity index (χ3n) is 6.33. The summed E-state index contributed by atoms with van der Waals surface area (Å²) in [6.45, 7) is 9.80. The van der Waals surface area contributed by atoms with Crippen LogP contribution in [-0.4, -0.2) is 59.2 Å². The third kappa shape index (κ3) is 10.1. The molecule has 2 aromatic carbocycles. The maximum Gasteiger partial charge on any atom is 0.318 e. The van der Waals surface area contributed by atoms with Gasteiger partial charge in [0, 0.05) is 56.3 Å². The molecule has 210 valence electrons. The van der Waals surface area contributed by atoms with Gasteiger partial charge >= 0.3 is 6.03 Å². The van der Waals surface area contributed by atoms with E-state index < -0.39 is 0 Å². The Hall–Kier alpha value is -3.29. The first kappa shape index (κ1) is 30.3. The second-order valence-electron chi connectivity index (χ2n) is 10.0. The highest BCUT2D eigenvalue weighted by Gasteiger charge is 2.23. The lowest BCUT2D eigenvalue weighted by molar-refractivity contribution is -0.133. The van der Waals surface area contributed by atoms with Gasteiger partial charge in [-0.15, -0.1) is 0 Å². The Morgan fingerprint density at radius 3 is 2.46 bits per heavy atom. The number of nitrogens with zero attached hydrogens (tertiary/aromatic N) is 3. The summed E-state index contributed by atoms with van der Waals surface area (Å²) in [4.78, 5) is 30.3. The van der Waals surface area contributed by atoms with Crippen molar-refractivity contribution in [3.8, 4) is 0 Å². The Balaban J connectivity index is 1.70. The average Bonchev–Trinajstić information content (AvgIpc) is 3.36. The van der Waals surface area contributed by atoms with Crippen molar-refractivity contribution in [1.29, 1.82) is 0 Å². The SMILES string of the molecule is CCOCCCN(CC(=O)N(Cc1cccn1Cc1ccccc1Cl)CC(C)C)C(=O)NCc1ccccc1. The van der Waals surface area contributed by atoms with Crippen LogP contribution < -0.4 is 5.32 Å². The molecular weight excluding hydrogens is 512 g/mol. The molecule has 0 aliphatic carbocycles. The number of ether oxygens (including phenoxy) is 1. The van der Waals surface area contributed by atoms with E-state index in [4.69, 9.17) is 16.3 Å². The van der Waals surface area contributed by atoms with E-state index in [9.17, 15) is 9.59 Å². The Morgan fingerprint density at radius 2 is 1.74 bits per heavy atom. The quantitative estimate of drug-likeness (QED) is 0.242. The summed E-state index contributed by atoms with van der Waals surface area (Å²) in [7, 11) is 0. The van der Waals surface area contributed by atoms with Gasteiger partial charge in [0.25, 0.3) is 0 Å². The molecule has 0 unspecified atom stereocenters. The molecule has 0 aliphatic heterocycles. The maximum absolute atomic E-state index is 13.6. The normalized spacial score (nSPS) is 11.0. The van der Waals surface area contributed by atoms with Gasteiger partial charge in [-0.05, 0) is 48.6 Å². The van der Waals surface area contributed by atoms with Crippen molar-refractivity contribution in [3.63, 3.8) is 0 Å². The highest BCUT2D eigenvalue weighted by molar-refractivity contribution is 6.31. The van der Waals surface area contributed by atoms with Crippen LogP contribution in [0.1, 0.15) is 44.0 Å².